The van der Waals surface area contributed by atoms with E-state index in [1.54, 1.807) is 0 Å². The number of benzene rings is 2. The fourth-order valence-electron chi connectivity index (χ4n) is 3.12. The molecule has 0 aromatic heterocycles. The van der Waals surface area contributed by atoms with Crippen LogP contribution in [0.25, 0.3) is 0 Å². The number of hydrogen-bond acceptors (Lipinski definition) is 5. The molecule has 0 aliphatic carbocycles. The first-order valence-electron chi connectivity index (χ1n) is 9.75. The van der Waals surface area contributed by atoms with Crippen molar-refractivity contribution in [2.75, 3.05) is 5.32 Å². The second-order valence-corrected chi connectivity index (χ2v) is 8.61. The van der Waals surface area contributed by atoms with E-state index in [0.717, 1.165) is 0 Å². The minimum absolute atomic E-state index is 0.00283. The van der Waals surface area contributed by atoms with Crippen molar-refractivity contribution >= 4 is 46.7 Å². The van der Waals surface area contributed by atoms with Crippen molar-refractivity contribution < 1.29 is 29.3 Å². The van der Waals surface area contributed by atoms with E-state index in [9.17, 15) is 19.5 Å². The lowest BCUT2D eigenvalue weighted by molar-refractivity contribution is -0.147. The lowest BCUT2D eigenvalue weighted by Gasteiger charge is -2.26. The van der Waals surface area contributed by atoms with Crippen LogP contribution in [-0.2, 0) is 9.59 Å². The number of halogens is 2. The van der Waals surface area contributed by atoms with Crippen LogP contribution in [0.3, 0.4) is 0 Å². The van der Waals surface area contributed by atoms with Gasteiger partial charge in [0.05, 0.1) is 15.6 Å². The molecule has 0 saturated carbocycles. The minimum Gasteiger partial charge on any atom is -0.507 e. The number of carboxylic acids is 1. The fourth-order valence-corrected chi connectivity index (χ4v) is 3.69. The number of carbonyl (C=O) groups excluding carboxylic acids is 2. The number of aliphatic carboxylic acids is 1. The molecule has 32 heavy (non-hydrogen) atoms. The third-order valence-electron chi connectivity index (χ3n) is 4.62. The maximum atomic E-state index is 12.8. The van der Waals surface area contributed by atoms with Gasteiger partial charge in [-0.15, -0.1) is 0 Å². The topological polar surface area (TPSA) is 125 Å². The summed E-state index contributed by atoms with van der Waals surface area (Å²) in [6, 6.07) is 6.55. The quantitative estimate of drug-likeness (QED) is 0.414. The summed E-state index contributed by atoms with van der Waals surface area (Å²) in [4.78, 5) is 34.8. The normalized spacial score (nSPS) is 11.0. The third kappa shape index (κ3) is 6.27. The van der Waals surface area contributed by atoms with E-state index in [1.165, 1.54) is 30.3 Å². The van der Waals surface area contributed by atoms with Crippen LogP contribution in [0.5, 0.6) is 17.2 Å². The molecule has 0 unspecified atom stereocenters. The number of nitrogens with one attached hydrogen (secondary N) is 2. The highest BCUT2D eigenvalue weighted by molar-refractivity contribution is 6.39. The number of phenolic OH excluding ortho intramolecular Hbond substituents is 1. The first kappa shape index (κ1) is 25.3. The molecule has 172 valence electrons. The Labute approximate surface area is 195 Å². The Bertz CT molecular complexity index is 1010. The number of phenols is 1. The Morgan fingerprint density at radius 2 is 1.53 bits per heavy atom. The van der Waals surface area contributed by atoms with Gasteiger partial charge in [0.15, 0.2) is 5.75 Å². The van der Waals surface area contributed by atoms with Gasteiger partial charge in [0.1, 0.15) is 11.5 Å². The van der Waals surface area contributed by atoms with Gasteiger partial charge in [0.2, 0.25) is 0 Å². The summed E-state index contributed by atoms with van der Waals surface area (Å²) in [7, 11) is 0. The van der Waals surface area contributed by atoms with Crippen molar-refractivity contribution in [1.82, 2.24) is 5.32 Å². The van der Waals surface area contributed by atoms with E-state index in [2.05, 4.69) is 10.6 Å². The van der Waals surface area contributed by atoms with Crippen LogP contribution in [-0.4, -0.2) is 34.0 Å². The Kier molecular flexibility index (Phi) is 8.35. The number of anilines is 1. The Hall–Kier alpha value is -2.97. The first-order chi connectivity index (χ1) is 14.9. The van der Waals surface area contributed by atoms with E-state index in [0.29, 0.717) is 0 Å². The molecule has 0 saturated heterocycles. The van der Waals surface area contributed by atoms with Crippen molar-refractivity contribution in [3.63, 3.8) is 0 Å². The largest absolute Gasteiger partial charge is 0.507 e. The zero-order valence-electron chi connectivity index (χ0n) is 17.9. The monoisotopic (exact) mass is 482 g/mol. The molecule has 10 heteroatoms. The number of rotatable bonds is 7. The van der Waals surface area contributed by atoms with Crippen molar-refractivity contribution in [2.45, 2.75) is 33.7 Å². The SMILES string of the molecule is CC(C)C(NC(=O)c1cc(Oc2c(Cl)cc(NC(=O)C(=O)O)cc2Cl)ccc1O)C(C)C. The van der Waals surface area contributed by atoms with Crippen molar-refractivity contribution in [3.8, 4) is 17.2 Å². The summed E-state index contributed by atoms with van der Waals surface area (Å²) < 4.78 is 5.71. The molecule has 0 fully saturated rings. The van der Waals surface area contributed by atoms with Gasteiger partial charge in [-0.05, 0) is 42.2 Å². The van der Waals surface area contributed by atoms with E-state index in [4.69, 9.17) is 33.0 Å². The van der Waals surface area contributed by atoms with Gasteiger partial charge in [-0.2, -0.15) is 0 Å². The van der Waals surface area contributed by atoms with Gasteiger partial charge in [0, 0.05) is 11.7 Å². The highest BCUT2D eigenvalue weighted by atomic mass is 35.5. The number of carbonyl (C=O) groups is 3. The summed E-state index contributed by atoms with van der Waals surface area (Å²) in [6.07, 6.45) is 0. The predicted octanol–water partition coefficient (Wildman–Crippen LogP) is 4.92. The van der Waals surface area contributed by atoms with Gasteiger partial charge < -0.3 is 25.6 Å². The molecule has 0 bridgehead atoms. The van der Waals surface area contributed by atoms with Crippen molar-refractivity contribution in [1.29, 1.82) is 0 Å². The number of amides is 2. The molecule has 2 aromatic rings. The Balaban J connectivity index is 2.28. The Morgan fingerprint density at radius 3 is 2.03 bits per heavy atom. The van der Waals surface area contributed by atoms with E-state index >= 15 is 0 Å². The Morgan fingerprint density at radius 1 is 0.969 bits per heavy atom. The molecule has 0 aliphatic rings. The highest BCUT2D eigenvalue weighted by Gasteiger charge is 2.23. The number of hydrogen-bond donors (Lipinski definition) is 4. The van der Waals surface area contributed by atoms with Crippen LogP contribution in [0.15, 0.2) is 30.3 Å². The zero-order chi connectivity index (χ0) is 24.2. The van der Waals surface area contributed by atoms with Gasteiger partial charge in [-0.25, -0.2) is 4.79 Å². The standard InChI is InChI=1S/C22H24Cl2N2O6/c1-10(2)18(11(3)4)26-20(28)14-9-13(5-6-17(14)27)32-19-15(23)7-12(8-16(19)24)25-21(29)22(30)31/h5-11,18,27H,1-4H3,(H,25,29)(H,26,28)(H,30,31). The number of ether oxygens (including phenoxy) is 1. The van der Waals surface area contributed by atoms with Crippen LogP contribution >= 0.6 is 23.2 Å². The molecular weight excluding hydrogens is 459 g/mol. The fraction of sp³-hybridized carbons (Fsp3) is 0.318. The van der Waals surface area contributed by atoms with E-state index in [-0.39, 0.29) is 56.4 Å². The minimum atomic E-state index is -1.66. The second-order valence-electron chi connectivity index (χ2n) is 7.80. The number of carboxylic acid groups (broad SMARTS) is 1. The molecule has 0 radical (unpaired) electrons. The van der Waals surface area contributed by atoms with Gasteiger partial charge in [-0.3, -0.25) is 9.59 Å². The lowest BCUT2D eigenvalue weighted by Crippen LogP contribution is -2.42. The molecule has 2 rings (SSSR count). The molecule has 4 N–H and O–H groups in total. The molecular formula is C22H24Cl2N2O6. The van der Waals surface area contributed by atoms with Crippen LogP contribution in [0.4, 0.5) is 5.69 Å². The molecule has 2 aromatic carbocycles. The molecule has 8 nitrogen and oxygen atoms in total. The van der Waals surface area contributed by atoms with E-state index < -0.39 is 17.8 Å². The van der Waals surface area contributed by atoms with Gasteiger partial charge in [-0.1, -0.05) is 50.9 Å². The van der Waals surface area contributed by atoms with E-state index in [1.807, 2.05) is 27.7 Å². The molecule has 0 spiro atoms. The molecule has 2 amide bonds. The average molecular weight is 483 g/mol. The second kappa shape index (κ2) is 10.6. The van der Waals surface area contributed by atoms with Gasteiger partial charge in [0.25, 0.3) is 5.91 Å². The molecule has 0 aliphatic heterocycles. The molecule has 0 heterocycles. The maximum absolute atomic E-state index is 12.8. The van der Waals surface area contributed by atoms with Crippen LogP contribution in [0.2, 0.25) is 10.0 Å². The third-order valence-corrected chi connectivity index (χ3v) is 5.18. The first-order valence-corrected chi connectivity index (χ1v) is 10.5. The molecule has 0 atom stereocenters. The van der Waals surface area contributed by atoms with Crippen LogP contribution in [0, 0.1) is 11.8 Å². The van der Waals surface area contributed by atoms with Crippen LogP contribution < -0.4 is 15.4 Å². The summed E-state index contributed by atoms with van der Waals surface area (Å²) in [5.41, 5.74) is 0.0883. The average Bonchev–Trinajstić information content (AvgIpc) is 2.69. The van der Waals surface area contributed by atoms with Crippen LogP contribution in [0.1, 0.15) is 38.1 Å². The maximum Gasteiger partial charge on any atom is 0.394 e. The smallest absolute Gasteiger partial charge is 0.394 e. The summed E-state index contributed by atoms with van der Waals surface area (Å²) in [6.45, 7) is 7.99. The zero-order valence-corrected chi connectivity index (χ0v) is 19.4. The van der Waals surface area contributed by atoms with Crippen molar-refractivity contribution in [2.24, 2.45) is 11.8 Å². The van der Waals surface area contributed by atoms with Crippen molar-refractivity contribution in [3.05, 3.63) is 45.9 Å². The summed E-state index contributed by atoms with van der Waals surface area (Å²) >= 11 is 12.4. The predicted molar refractivity (Wildman–Crippen MR) is 122 cm³/mol. The summed E-state index contributed by atoms with van der Waals surface area (Å²) in [5.74, 6) is -2.98. The lowest BCUT2D eigenvalue weighted by atomic mass is 9.93. The number of aromatic hydroxyl groups is 1. The van der Waals surface area contributed by atoms with Gasteiger partial charge >= 0.3 is 11.9 Å². The summed E-state index contributed by atoms with van der Waals surface area (Å²) in [5, 5.41) is 23.9. The highest BCUT2D eigenvalue weighted by Crippen LogP contribution is 2.39.